The minimum absolute atomic E-state index is 0. The number of fused-ring (bicyclic) bond motifs is 1. The van der Waals surface area contributed by atoms with Gasteiger partial charge in [-0.05, 0) is 40.8 Å². The van der Waals surface area contributed by atoms with Gasteiger partial charge in [-0.1, -0.05) is 17.4 Å². The second-order valence-corrected chi connectivity index (χ2v) is 13.0. The number of hydrogen-bond acceptors (Lipinski definition) is 11. The van der Waals surface area contributed by atoms with Gasteiger partial charge in [-0.2, -0.15) is 0 Å². The van der Waals surface area contributed by atoms with Crippen LogP contribution in [0.3, 0.4) is 0 Å². The molecule has 3 aromatic carbocycles. The number of nitro groups is 1. The number of benzene rings is 3. The maximum Gasteiger partial charge on any atom is 1.00 e. The number of hydrogen-bond donors (Lipinski definition) is 2. The van der Waals surface area contributed by atoms with Gasteiger partial charge in [0, 0.05) is 34.2 Å². The molecule has 0 aromatic heterocycles. The molecule has 3 rings (SSSR count). The number of phenolic OH excluding ortho intramolecular Hbond substituents is 1. The summed E-state index contributed by atoms with van der Waals surface area (Å²) in [7, 11) is -12.9. The first-order valence-electron chi connectivity index (χ1n) is 10.2. The van der Waals surface area contributed by atoms with Crippen molar-refractivity contribution >= 4 is 52.1 Å². The molecule has 0 heterocycles. The Kier molecular flexibility index (Phi) is 9.98. The molecule has 0 radical (unpaired) electrons. The summed E-state index contributed by atoms with van der Waals surface area (Å²) < 4.78 is 84.8. The van der Waals surface area contributed by atoms with Crippen LogP contribution in [0.5, 0.6) is 5.75 Å². The van der Waals surface area contributed by atoms with E-state index < -0.39 is 63.4 Å². The van der Waals surface area contributed by atoms with Crippen LogP contribution in [0.25, 0.3) is 21.9 Å². The van der Waals surface area contributed by atoms with E-state index in [1.54, 1.807) is 0 Å². The van der Waals surface area contributed by atoms with E-state index in [1.165, 1.54) is 36.4 Å². The Hall–Kier alpha value is -2.67. The molecule has 2 N–H and O–H groups in total. The summed E-state index contributed by atoms with van der Waals surface area (Å²) in [5.74, 6) is -1.95. The third-order valence-electron chi connectivity index (χ3n) is 4.99. The first-order chi connectivity index (χ1) is 17.1. The van der Waals surface area contributed by atoms with Crippen LogP contribution < -0.4 is 35.0 Å². The molecule has 0 aliphatic rings. The predicted molar refractivity (Wildman–Crippen MR) is 132 cm³/mol. The Morgan fingerprint density at radius 2 is 1.63 bits per heavy atom. The van der Waals surface area contributed by atoms with Crippen molar-refractivity contribution in [3.63, 3.8) is 0 Å². The zero-order valence-corrected chi connectivity index (χ0v) is 24.4. The number of nitrogens with zero attached hydrogens (tertiary/aromatic N) is 3. The van der Waals surface area contributed by atoms with Crippen molar-refractivity contribution in [2.24, 2.45) is 9.74 Å². The van der Waals surface area contributed by atoms with Gasteiger partial charge in [-0.25, -0.2) is 25.3 Å². The second-order valence-electron chi connectivity index (χ2n) is 7.76. The van der Waals surface area contributed by atoms with E-state index in [2.05, 4.69) is 15.2 Å². The fourth-order valence-corrected chi connectivity index (χ4v) is 5.92. The van der Waals surface area contributed by atoms with Crippen molar-refractivity contribution in [2.75, 3.05) is 23.2 Å². The van der Waals surface area contributed by atoms with Crippen LogP contribution in [0.15, 0.2) is 63.2 Å². The van der Waals surface area contributed by atoms with E-state index in [1.807, 2.05) is 0 Å². The van der Waals surface area contributed by atoms with Crippen molar-refractivity contribution < 1.29 is 69.4 Å². The Morgan fingerprint density at radius 1 is 0.974 bits per heavy atom. The van der Waals surface area contributed by atoms with Gasteiger partial charge in [-0.15, -0.1) is 0 Å². The molecule has 0 unspecified atom stereocenters. The zero-order chi connectivity index (χ0) is 27.6. The number of rotatable bonds is 10. The number of sulfonamides is 1. The van der Waals surface area contributed by atoms with Gasteiger partial charge in [0.15, 0.2) is 9.84 Å². The molecule has 0 saturated heterocycles. The largest absolute Gasteiger partial charge is 1.00 e. The predicted octanol–water partition coefficient (Wildman–Crippen LogP) is -0.428. The maximum atomic E-state index is 13.2. The summed E-state index contributed by atoms with van der Waals surface area (Å²) in [4.78, 5) is 10.0. The molecule has 0 amide bonds. The number of anilines is 1. The van der Waals surface area contributed by atoms with E-state index in [0.717, 1.165) is 18.4 Å². The fourth-order valence-electron chi connectivity index (χ4n) is 3.50. The van der Waals surface area contributed by atoms with Crippen LogP contribution in [0.4, 0.5) is 11.4 Å². The summed E-state index contributed by atoms with van der Waals surface area (Å²) in [6, 6.07) is 10.1. The third-order valence-corrected chi connectivity index (χ3v) is 7.99. The van der Waals surface area contributed by atoms with Crippen LogP contribution in [0, 0.1) is 10.1 Å². The zero-order valence-electron chi connectivity index (χ0n) is 19.9. The van der Waals surface area contributed by atoms with E-state index in [4.69, 9.17) is 0 Å². The molecule has 18 heteroatoms. The normalized spacial score (nSPS) is 12.4. The summed E-state index contributed by atoms with van der Waals surface area (Å²) >= 11 is 0. The summed E-state index contributed by atoms with van der Waals surface area (Å²) in [6.45, 7) is 0. The number of nitro benzene ring substituents is 1. The molecule has 198 valence electrons. The Morgan fingerprint density at radius 3 is 2.24 bits per heavy atom. The van der Waals surface area contributed by atoms with E-state index in [-0.39, 0.29) is 62.9 Å². The molecule has 3 aromatic rings. The van der Waals surface area contributed by atoms with Crippen LogP contribution in [-0.2, 0) is 30.0 Å². The molecule has 0 aliphatic heterocycles. The van der Waals surface area contributed by atoms with Gasteiger partial charge < -0.3 is 9.66 Å². The molecule has 0 atom stereocenters. The van der Waals surface area contributed by atoms with E-state index >= 15 is 0 Å². The quantitative estimate of drug-likeness (QED) is 0.101. The first-order valence-corrected chi connectivity index (χ1v) is 15.2. The summed E-state index contributed by atoms with van der Waals surface area (Å²) in [5, 5.41) is 25.5. The summed E-state index contributed by atoms with van der Waals surface area (Å²) in [6.07, 6.45) is 0.274. The maximum absolute atomic E-state index is 13.2. The smallest absolute Gasteiger partial charge is 0.748 e. The Labute approximate surface area is 239 Å². The van der Waals surface area contributed by atoms with Crippen molar-refractivity contribution in [1.82, 2.24) is 0 Å². The molecular weight excluding hydrogens is 575 g/mol. The van der Waals surface area contributed by atoms with Crippen LogP contribution >= 0.6 is 0 Å². The average Bonchev–Trinajstić information content (AvgIpc) is 2.77. The fraction of sp³-hybridized carbons (Fsp3) is 0.200. The number of non-ortho nitro benzene ring substituents is 1. The van der Waals surface area contributed by atoms with Gasteiger partial charge in [-0.3, -0.25) is 15.5 Å². The van der Waals surface area contributed by atoms with Crippen molar-refractivity contribution in [3.05, 3.63) is 58.6 Å². The topological polar surface area (TPSA) is 226 Å². The Bertz CT molecular complexity index is 1740. The minimum atomic E-state index is -4.69. The van der Waals surface area contributed by atoms with Crippen molar-refractivity contribution in [1.29, 1.82) is 0 Å². The van der Waals surface area contributed by atoms with Gasteiger partial charge in [0.1, 0.15) is 5.75 Å². The molecule has 0 spiro atoms. The minimum Gasteiger partial charge on any atom is -0.748 e. The van der Waals surface area contributed by atoms with E-state index in [9.17, 15) is 45.0 Å². The molecular formula is C20H19N4NaO10S3. The summed E-state index contributed by atoms with van der Waals surface area (Å²) in [5.41, 5.74) is 2.13. The van der Waals surface area contributed by atoms with Crippen LogP contribution in [0.2, 0.25) is 0 Å². The monoisotopic (exact) mass is 594 g/mol. The standard InChI is InChI=1S/C20H20N4O10S3.Na/c1-35(28,29)23-22-21-17-5-2-4-16-18(25)9-8-15(20(16)17)14-7-6-13(24(26)27)12-19(14)36(30,31)10-3-11-37(32,33)34;/h2,4-9,12,25H,3,10-11H2,1H3,(H,21,23)(H,32,33,34);/q;+1/p-1. The van der Waals surface area contributed by atoms with Crippen LogP contribution in [-0.4, -0.2) is 57.6 Å². The van der Waals surface area contributed by atoms with Crippen molar-refractivity contribution in [3.8, 4) is 16.9 Å². The number of phenols is 1. The van der Waals surface area contributed by atoms with Crippen molar-refractivity contribution in [2.45, 2.75) is 11.3 Å². The second kappa shape index (κ2) is 12.0. The van der Waals surface area contributed by atoms with Crippen LogP contribution in [0.1, 0.15) is 6.42 Å². The molecule has 14 nitrogen and oxygen atoms in total. The first kappa shape index (κ1) is 31.5. The van der Waals surface area contributed by atoms with E-state index in [0.29, 0.717) is 0 Å². The molecule has 38 heavy (non-hydrogen) atoms. The van der Waals surface area contributed by atoms with Gasteiger partial charge in [0.05, 0.1) is 37.6 Å². The van der Waals surface area contributed by atoms with Gasteiger partial charge >= 0.3 is 29.6 Å². The number of sulfone groups is 1. The molecule has 0 bridgehead atoms. The molecule has 0 saturated carbocycles. The number of nitrogens with one attached hydrogen (secondary N) is 1. The van der Waals surface area contributed by atoms with Gasteiger partial charge in [0.2, 0.25) is 0 Å². The molecule has 0 fully saturated rings. The number of aromatic hydroxyl groups is 1. The third kappa shape index (κ3) is 7.92. The molecule has 0 aliphatic carbocycles. The van der Waals surface area contributed by atoms with Gasteiger partial charge in [0.25, 0.3) is 15.7 Å². The Balaban J connectivity index is 0.00000507. The average molecular weight is 595 g/mol. The SMILES string of the molecule is CS(=O)(=O)/N=N/Nc1cccc2c(O)ccc(-c3ccc([N+](=O)[O-])cc3S(=O)(=O)CCCS(=O)(=O)[O-])c12.[Na+].